The molecular formula is C12H18N2O3S. The molecule has 0 bridgehead atoms. The number of likely N-dealkylation sites (N-methyl/N-ethyl adjacent to an activating group) is 1. The molecule has 2 amide bonds. The molecule has 1 saturated carbocycles. The van der Waals surface area contributed by atoms with Crippen LogP contribution in [0.2, 0.25) is 0 Å². The van der Waals surface area contributed by atoms with Gasteiger partial charge in [-0.1, -0.05) is 6.08 Å². The van der Waals surface area contributed by atoms with Crippen molar-refractivity contribution < 1.29 is 14.7 Å². The fourth-order valence-corrected chi connectivity index (χ4v) is 3.80. The molecule has 1 N–H and O–H groups in total. The maximum atomic E-state index is 12.3. The van der Waals surface area contributed by atoms with Crippen molar-refractivity contribution in [3.8, 4) is 0 Å². The number of carbonyl (C=O) groups is 2. The van der Waals surface area contributed by atoms with Crippen LogP contribution in [-0.4, -0.2) is 57.7 Å². The number of hydrogen-bond acceptors (Lipinski definition) is 3. The van der Waals surface area contributed by atoms with Crippen molar-refractivity contribution in [1.82, 2.24) is 9.80 Å². The van der Waals surface area contributed by atoms with Gasteiger partial charge in [-0.05, 0) is 18.8 Å². The summed E-state index contributed by atoms with van der Waals surface area (Å²) in [4.78, 5) is 26.6. The Morgan fingerprint density at radius 3 is 2.72 bits per heavy atom. The van der Waals surface area contributed by atoms with Gasteiger partial charge in [0.15, 0.2) is 0 Å². The summed E-state index contributed by atoms with van der Waals surface area (Å²) in [6.45, 7) is 4.03. The van der Waals surface area contributed by atoms with E-state index in [1.165, 1.54) is 4.90 Å². The first-order valence-corrected chi connectivity index (χ1v) is 7.10. The van der Waals surface area contributed by atoms with E-state index in [0.717, 1.165) is 12.8 Å². The Bertz CT molecular complexity index is 370. The number of aliphatic carboxylic acids is 1. The molecule has 1 aliphatic heterocycles. The normalized spacial score (nSPS) is 27.1. The SMILES string of the molecule is C=CCN(C)C(=O)N1C(C(=O)O)CSC1C1CC1. The Morgan fingerprint density at radius 1 is 1.56 bits per heavy atom. The lowest BCUT2D eigenvalue weighted by Gasteiger charge is -2.31. The predicted octanol–water partition coefficient (Wildman–Crippen LogP) is 1.46. The molecule has 1 saturated heterocycles. The number of nitrogens with zero attached hydrogens (tertiary/aromatic N) is 2. The Labute approximate surface area is 111 Å². The van der Waals surface area contributed by atoms with Crippen molar-refractivity contribution in [2.45, 2.75) is 24.3 Å². The highest BCUT2D eigenvalue weighted by atomic mass is 32.2. The molecule has 1 heterocycles. The van der Waals surface area contributed by atoms with Gasteiger partial charge in [-0.2, -0.15) is 0 Å². The highest BCUT2D eigenvalue weighted by molar-refractivity contribution is 8.00. The molecule has 5 nitrogen and oxygen atoms in total. The van der Waals surface area contributed by atoms with Crippen LogP contribution in [0.15, 0.2) is 12.7 Å². The number of hydrogen-bond donors (Lipinski definition) is 1. The molecule has 1 aliphatic carbocycles. The molecule has 0 aromatic carbocycles. The Balaban J connectivity index is 2.14. The molecule has 2 unspecified atom stereocenters. The van der Waals surface area contributed by atoms with Crippen molar-refractivity contribution in [2.75, 3.05) is 19.3 Å². The van der Waals surface area contributed by atoms with Crippen molar-refractivity contribution in [3.05, 3.63) is 12.7 Å². The minimum Gasteiger partial charge on any atom is -0.480 e. The first-order chi connectivity index (χ1) is 8.56. The zero-order chi connectivity index (χ0) is 13.3. The molecule has 2 fully saturated rings. The molecule has 2 rings (SSSR count). The van der Waals surface area contributed by atoms with Crippen LogP contribution in [-0.2, 0) is 4.79 Å². The van der Waals surface area contributed by atoms with E-state index >= 15 is 0 Å². The summed E-state index contributed by atoms with van der Waals surface area (Å²) in [5.74, 6) is 0.0518. The van der Waals surface area contributed by atoms with Crippen molar-refractivity contribution in [1.29, 1.82) is 0 Å². The smallest absolute Gasteiger partial charge is 0.327 e. The monoisotopic (exact) mass is 270 g/mol. The number of thioether (sulfide) groups is 1. The second-order valence-corrected chi connectivity index (χ2v) is 5.92. The van der Waals surface area contributed by atoms with E-state index < -0.39 is 12.0 Å². The van der Waals surface area contributed by atoms with Crippen molar-refractivity contribution in [3.63, 3.8) is 0 Å². The number of carbonyl (C=O) groups excluding carboxylic acids is 1. The molecule has 0 aromatic rings. The van der Waals surface area contributed by atoms with E-state index in [1.54, 1.807) is 29.8 Å². The molecule has 0 radical (unpaired) electrons. The fourth-order valence-electron chi connectivity index (χ4n) is 2.17. The van der Waals surface area contributed by atoms with E-state index in [0.29, 0.717) is 18.2 Å². The second kappa shape index (κ2) is 5.22. The summed E-state index contributed by atoms with van der Waals surface area (Å²) < 4.78 is 0. The molecule has 0 aromatic heterocycles. The summed E-state index contributed by atoms with van der Waals surface area (Å²) in [5.41, 5.74) is 0. The summed E-state index contributed by atoms with van der Waals surface area (Å²) in [5, 5.41) is 9.25. The zero-order valence-electron chi connectivity index (χ0n) is 10.4. The Morgan fingerprint density at radius 2 is 2.22 bits per heavy atom. The van der Waals surface area contributed by atoms with Gasteiger partial charge in [0.1, 0.15) is 6.04 Å². The summed E-state index contributed by atoms with van der Waals surface area (Å²) in [7, 11) is 1.68. The lowest BCUT2D eigenvalue weighted by atomic mass is 10.2. The highest BCUT2D eigenvalue weighted by Gasteiger charge is 2.48. The third kappa shape index (κ3) is 2.48. The molecule has 2 aliphatic rings. The molecule has 18 heavy (non-hydrogen) atoms. The van der Waals surface area contributed by atoms with E-state index in [2.05, 4.69) is 6.58 Å². The lowest BCUT2D eigenvalue weighted by Crippen LogP contribution is -2.51. The van der Waals surface area contributed by atoms with E-state index in [4.69, 9.17) is 0 Å². The number of carboxylic acids is 1. The summed E-state index contributed by atoms with van der Waals surface area (Å²) >= 11 is 1.59. The maximum Gasteiger partial charge on any atom is 0.327 e. The quantitative estimate of drug-likeness (QED) is 0.786. The van der Waals surface area contributed by atoms with Crippen LogP contribution in [0.25, 0.3) is 0 Å². The second-order valence-electron chi connectivity index (χ2n) is 4.77. The van der Waals surface area contributed by atoms with Gasteiger partial charge in [-0.25, -0.2) is 9.59 Å². The van der Waals surface area contributed by atoms with Gasteiger partial charge >= 0.3 is 12.0 Å². The largest absolute Gasteiger partial charge is 0.480 e. The Kier molecular flexibility index (Phi) is 3.85. The maximum absolute atomic E-state index is 12.3. The molecule has 100 valence electrons. The van der Waals surface area contributed by atoms with Crippen LogP contribution < -0.4 is 0 Å². The lowest BCUT2D eigenvalue weighted by molar-refractivity contribution is -0.141. The third-order valence-electron chi connectivity index (χ3n) is 3.30. The number of amides is 2. The van der Waals surface area contributed by atoms with Crippen molar-refractivity contribution in [2.24, 2.45) is 5.92 Å². The van der Waals surface area contributed by atoms with Gasteiger partial charge in [0.05, 0.1) is 5.37 Å². The van der Waals surface area contributed by atoms with Gasteiger partial charge in [0, 0.05) is 19.3 Å². The summed E-state index contributed by atoms with van der Waals surface area (Å²) in [6, 6.07) is -0.899. The van der Waals surface area contributed by atoms with Gasteiger partial charge in [0.2, 0.25) is 0 Å². The predicted molar refractivity (Wildman–Crippen MR) is 70.5 cm³/mol. The molecule has 2 atom stereocenters. The van der Waals surface area contributed by atoms with Crippen LogP contribution in [0, 0.1) is 5.92 Å². The molecular weight excluding hydrogens is 252 g/mol. The Hall–Kier alpha value is -1.17. The number of urea groups is 1. The first-order valence-electron chi connectivity index (χ1n) is 6.05. The van der Waals surface area contributed by atoms with Gasteiger partial charge in [0.25, 0.3) is 0 Å². The topological polar surface area (TPSA) is 60.9 Å². The third-order valence-corrected chi connectivity index (χ3v) is 4.76. The van der Waals surface area contributed by atoms with E-state index in [1.807, 2.05) is 0 Å². The van der Waals surface area contributed by atoms with Gasteiger partial charge in [-0.15, -0.1) is 18.3 Å². The van der Waals surface area contributed by atoms with Crippen LogP contribution in [0.5, 0.6) is 0 Å². The van der Waals surface area contributed by atoms with E-state index in [-0.39, 0.29) is 11.4 Å². The number of carboxylic acid groups (broad SMARTS) is 1. The van der Waals surface area contributed by atoms with Gasteiger partial charge in [-0.3, -0.25) is 4.90 Å². The van der Waals surface area contributed by atoms with Crippen LogP contribution in [0.4, 0.5) is 4.79 Å². The van der Waals surface area contributed by atoms with Crippen LogP contribution >= 0.6 is 11.8 Å². The molecule has 6 heteroatoms. The van der Waals surface area contributed by atoms with Crippen molar-refractivity contribution >= 4 is 23.8 Å². The molecule has 0 spiro atoms. The average molecular weight is 270 g/mol. The summed E-state index contributed by atoms with van der Waals surface area (Å²) in [6.07, 6.45) is 3.83. The first kappa shape index (κ1) is 13.3. The van der Waals surface area contributed by atoms with Crippen LogP contribution in [0.3, 0.4) is 0 Å². The fraction of sp³-hybridized carbons (Fsp3) is 0.667. The minimum absolute atomic E-state index is 0.0332. The minimum atomic E-state index is -0.911. The van der Waals surface area contributed by atoms with Crippen LogP contribution in [0.1, 0.15) is 12.8 Å². The number of rotatable bonds is 4. The standard InChI is InChI=1S/C12H18N2O3S/c1-3-6-13(2)12(17)14-9(11(15)16)7-18-10(14)8-4-5-8/h3,8-10H,1,4-7H2,2H3,(H,15,16). The van der Waals surface area contributed by atoms with E-state index in [9.17, 15) is 14.7 Å². The average Bonchev–Trinajstić information content (AvgIpc) is 3.07. The highest BCUT2D eigenvalue weighted by Crippen LogP contribution is 2.45. The zero-order valence-corrected chi connectivity index (χ0v) is 11.2. The van der Waals surface area contributed by atoms with Gasteiger partial charge < -0.3 is 10.0 Å².